The zero-order chi connectivity index (χ0) is 21.3. The molecule has 5 nitrogen and oxygen atoms in total. The van der Waals surface area contributed by atoms with Gasteiger partial charge in [-0.1, -0.05) is 60.3 Å². The number of hydrogen-bond donors (Lipinski definition) is 2. The normalized spacial score (nSPS) is 24.2. The lowest BCUT2D eigenvalue weighted by atomic mass is 9.86. The van der Waals surface area contributed by atoms with Gasteiger partial charge >= 0.3 is 0 Å². The molecule has 3 atom stereocenters. The van der Waals surface area contributed by atoms with Crippen molar-refractivity contribution in [3.8, 4) is 0 Å². The maximum Gasteiger partial charge on any atom is 0.266 e. The van der Waals surface area contributed by atoms with Gasteiger partial charge in [0.2, 0.25) is 0 Å². The van der Waals surface area contributed by atoms with Crippen molar-refractivity contribution in [2.24, 2.45) is 10.7 Å². The number of carbonyl (C=O) groups is 1. The first-order valence-electron chi connectivity index (χ1n) is 10.0. The lowest BCUT2D eigenvalue weighted by Gasteiger charge is -2.46. The number of aliphatic hydroxyl groups excluding tert-OH is 1. The molecule has 1 aliphatic heterocycles. The van der Waals surface area contributed by atoms with E-state index in [1.165, 1.54) is 6.20 Å². The molecule has 2 aromatic rings. The molecule has 0 aromatic heterocycles. The van der Waals surface area contributed by atoms with E-state index in [0.717, 1.165) is 36.1 Å². The summed E-state index contributed by atoms with van der Waals surface area (Å²) >= 11 is 12.2. The first-order valence-corrected chi connectivity index (χ1v) is 10.8. The Kier molecular flexibility index (Phi) is 6.14. The van der Waals surface area contributed by atoms with E-state index in [0.29, 0.717) is 22.2 Å². The quantitative estimate of drug-likeness (QED) is 0.731. The third-order valence-electron chi connectivity index (χ3n) is 5.77. The number of benzene rings is 2. The molecule has 4 rings (SSSR count). The summed E-state index contributed by atoms with van der Waals surface area (Å²) in [5.41, 5.74) is 8.60. The number of nitrogens with zero attached hydrogens (tertiary/aromatic N) is 2. The predicted octanol–water partition coefficient (Wildman–Crippen LogP) is 4.47. The highest BCUT2D eigenvalue weighted by Gasteiger charge is 2.40. The molecule has 0 saturated heterocycles. The Balaban J connectivity index is 1.88. The second-order valence-electron chi connectivity index (χ2n) is 7.68. The summed E-state index contributed by atoms with van der Waals surface area (Å²) < 4.78 is 0. The molecule has 0 radical (unpaired) electrons. The zero-order valence-corrected chi connectivity index (χ0v) is 17.9. The van der Waals surface area contributed by atoms with Crippen molar-refractivity contribution in [1.82, 2.24) is 4.90 Å². The Hall–Kier alpha value is -2.34. The van der Waals surface area contributed by atoms with Crippen molar-refractivity contribution < 1.29 is 9.90 Å². The van der Waals surface area contributed by atoms with Gasteiger partial charge in [-0.05, 0) is 48.2 Å². The Morgan fingerprint density at radius 1 is 1.00 bits per heavy atom. The largest absolute Gasteiger partial charge is 0.391 e. The lowest BCUT2D eigenvalue weighted by Crippen LogP contribution is -2.51. The molecule has 1 amide bonds. The van der Waals surface area contributed by atoms with Gasteiger partial charge in [-0.15, -0.1) is 0 Å². The summed E-state index contributed by atoms with van der Waals surface area (Å²) in [5, 5.41) is 12.1. The van der Waals surface area contributed by atoms with Crippen molar-refractivity contribution >= 4 is 34.8 Å². The number of carbonyl (C=O) groups excluding carboxylic acids is 1. The summed E-state index contributed by atoms with van der Waals surface area (Å²) in [5.74, 6) is -0.564. The smallest absolute Gasteiger partial charge is 0.266 e. The zero-order valence-electron chi connectivity index (χ0n) is 16.3. The monoisotopic (exact) mass is 443 g/mol. The van der Waals surface area contributed by atoms with Gasteiger partial charge in [0.15, 0.2) is 0 Å². The van der Waals surface area contributed by atoms with E-state index in [2.05, 4.69) is 4.99 Å². The highest BCUT2D eigenvalue weighted by Crippen LogP contribution is 2.39. The standard InChI is InChI=1S/C23H23Cl2N3O2/c24-16-9-5-14(6-10-16)21-22(15-7-11-17(25)12-8-15)28(19(13-27-21)23(26)30)18-3-1-2-4-20(18)29/h5-13,18,20,22,29H,1-4H2,(H2,26,30)/t18-,20+,22?/m1/s1. The highest BCUT2D eigenvalue weighted by molar-refractivity contribution is 6.31. The van der Waals surface area contributed by atoms with Gasteiger partial charge in [0.1, 0.15) is 5.70 Å². The molecule has 0 spiro atoms. The molecule has 1 unspecified atom stereocenters. The average Bonchev–Trinajstić information content (AvgIpc) is 2.74. The summed E-state index contributed by atoms with van der Waals surface area (Å²) in [6.07, 6.45) is 4.36. The second kappa shape index (κ2) is 8.80. The molecule has 1 saturated carbocycles. The van der Waals surface area contributed by atoms with Crippen molar-refractivity contribution in [2.45, 2.75) is 43.9 Å². The van der Waals surface area contributed by atoms with Crippen LogP contribution >= 0.6 is 23.2 Å². The molecule has 2 aliphatic rings. The van der Waals surface area contributed by atoms with Crippen LogP contribution in [-0.4, -0.2) is 33.8 Å². The molecule has 0 bridgehead atoms. The molecule has 1 aliphatic carbocycles. The Morgan fingerprint density at radius 2 is 1.60 bits per heavy atom. The topological polar surface area (TPSA) is 78.9 Å². The van der Waals surface area contributed by atoms with Crippen LogP contribution in [0.4, 0.5) is 0 Å². The van der Waals surface area contributed by atoms with Gasteiger partial charge in [-0.3, -0.25) is 9.79 Å². The van der Waals surface area contributed by atoms with Crippen molar-refractivity contribution in [2.75, 3.05) is 0 Å². The molecular weight excluding hydrogens is 421 g/mol. The minimum atomic E-state index is -0.564. The van der Waals surface area contributed by atoms with E-state index in [1.807, 2.05) is 53.4 Å². The van der Waals surface area contributed by atoms with E-state index >= 15 is 0 Å². The summed E-state index contributed by atoms with van der Waals surface area (Å²) in [7, 11) is 0. The molecule has 2 aromatic carbocycles. The van der Waals surface area contributed by atoms with Crippen molar-refractivity contribution in [1.29, 1.82) is 0 Å². The number of amides is 1. The number of aliphatic hydroxyl groups is 1. The van der Waals surface area contributed by atoms with Gasteiger partial charge in [0.25, 0.3) is 5.91 Å². The van der Waals surface area contributed by atoms with Crippen LogP contribution in [0.2, 0.25) is 10.0 Å². The van der Waals surface area contributed by atoms with Gasteiger partial charge in [-0.2, -0.15) is 0 Å². The third kappa shape index (κ3) is 4.10. The van der Waals surface area contributed by atoms with Gasteiger partial charge in [0, 0.05) is 10.0 Å². The van der Waals surface area contributed by atoms with E-state index in [-0.39, 0.29) is 6.04 Å². The molecule has 7 heteroatoms. The first-order chi connectivity index (χ1) is 14.5. The number of rotatable bonds is 4. The SMILES string of the molecule is NC(=O)C1=CN=C(c2ccc(Cl)cc2)C(c2ccc(Cl)cc2)N1[C@@H]1CCCC[C@@H]1O. The molecule has 1 heterocycles. The number of halogens is 2. The van der Waals surface area contributed by atoms with Gasteiger partial charge in [-0.25, -0.2) is 0 Å². The van der Waals surface area contributed by atoms with E-state index < -0.39 is 18.1 Å². The number of nitrogens with two attached hydrogens (primary N) is 1. The Morgan fingerprint density at radius 3 is 2.20 bits per heavy atom. The van der Waals surface area contributed by atoms with Crippen LogP contribution < -0.4 is 5.73 Å². The van der Waals surface area contributed by atoms with Gasteiger partial charge < -0.3 is 15.7 Å². The number of aliphatic imine (C=N–C) groups is 1. The van der Waals surface area contributed by atoms with Crippen molar-refractivity contribution in [3.05, 3.63) is 81.6 Å². The van der Waals surface area contributed by atoms with Gasteiger partial charge in [0.05, 0.1) is 30.1 Å². The van der Waals surface area contributed by atoms with Crippen LogP contribution in [0.1, 0.15) is 42.9 Å². The Bertz CT molecular complexity index is 987. The second-order valence-corrected chi connectivity index (χ2v) is 8.55. The van der Waals surface area contributed by atoms with Crippen LogP contribution in [0.3, 0.4) is 0 Å². The summed E-state index contributed by atoms with van der Waals surface area (Å²) in [6, 6.07) is 14.3. The average molecular weight is 444 g/mol. The predicted molar refractivity (Wildman–Crippen MR) is 120 cm³/mol. The summed E-state index contributed by atoms with van der Waals surface area (Å²) in [6.45, 7) is 0. The van der Waals surface area contributed by atoms with Crippen molar-refractivity contribution in [3.63, 3.8) is 0 Å². The van der Waals surface area contributed by atoms with Crippen LogP contribution in [0, 0.1) is 0 Å². The molecule has 30 heavy (non-hydrogen) atoms. The number of hydrogen-bond acceptors (Lipinski definition) is 4. The lowest BCUT2D eigenvalue weighted by molar-refractivity contribution is -0.117. The van der Waals surface area contributed by atoms with Crippen LogP contribution in [0.15, 0.2) is 65.4 Å². The third-order valence-corrected chi connectivity index (χ3v) is 6.27. The van der Waals surface area contributed by atoms with Crippen LogP contribution in [-0.2, 0) is 4.79 Å². The van der Waals surface area contributed by atoms with E-state index in [4.69, 9.17) is 28.9 Å². The minimum absolute atomic E-state index is 0.240. The highest BCUT2D eigenvalue weighted by atomic mass is 35.5. The maximum atomic E-state index is 12.4. The maximum absolute atomic E-state index is 12.4. The molecular formula is C23H23Cl2N3O2. The van der Waals surface area contributed by atoms with Crippen LogP contribution in [0.5, 0.6) is 0 Å². The van der Waals surface area contributed by atoms with Crippen LogP contribution in [0.25, 0.3) is 0 Å². The fourth-order valence-electron chi connectivity index (χ4n) is 4.33. The number of primary amides is 1. The van der Waals surface area contributed by atoms with E-state index in [9.17, 15) is 9.90 Å². The molecule has 156 valence electrons. The molecule has 1 fully saturated rings. The summed E-state index contributed by atoms with van der Waals surface area (Å²) in [4.78, 5) is 18.9. The molecule has 3 N–H and O–H groups in total. The fourth-order valence-corrected chi connectivity index (χ4v) is 4.58. The minimum Gasteiger partial charge on any atom is -0.391 e. The first kappa shape index (κ1) is 20.9. The Labute approximate surface area is 185 Å². The van der Waals surface area contributed by atoms with E-state index in [1.54, 1.807) is 0 Å². The fraction of sp³-hybridized carbons (Fsp3) is 0.304.